The number of nitrogen functional groups attached to an aromatic ring is 1. The molecule has 3 aromatic rings. The lowest BCUT2D eigenvalue weighted by Crippen LogP contribution is -2.06. The van der Waals surface area contributed by atoms with Crippen LogP contribution in [0.1, 0.15) is 18.5 Å². The molecule has 0 bridgehead atoms. The van der Waals surface area contributed by atoms with Gasteiger partial charge in [0.05, 0.1) is 6.04 Å². The number of nitrogens with two attached hydrogens (primary N) is 1. The van der Waals surface area contributed by atoms with Crippen molar-refractivity contribution in [3.05, 3.63) is 60.4 Å². The van der Waals surface area contributed by atoms with Crippen LogP contribution in [0.25, 0.3) is 11.0 Å². The van der Waals surface area contributed by atoms with Gasteiger partial charge >= 0.3 is 0 Å². The summed E-state index contributed by atoms with van der Waals surface area (Å²) in [5.74, 6) is 0. The van der Waals surface area contributed by atoms with E-state index in [1.807, 2.05) is 24.4 Å². The average molecular weight is 237 g/mol. The highest BCUT2D eigenvalue weighted by molar-refractivity contribution is 5.88. The molecule has 0 aliphatic heterocycles. The van der Waals surface area contributed by atoms with Crippen molar-refractivity contribution in [2.45, 2.75) is 13.0 Å². The Morgan fingerprint density at radius 2 is 1.89 bits per heavy atom. The van der Waals surface area contributed by atoms with Crippen LogP contribution >= 0.6 is 0 Å². The lowest BCUT2D eigenvalue weighted by atomic mass is 10.1. The molecular weight excluding hydrogens is 222 g/mol. The number of benzene rings is 1. The third-order valence-corrected chi connectivity index (χ3v) is 3.35. The van der Waals surface area contributed by atoms with Crippen LogP contribution < -0.4 is 5.73 Å². The van der Waals surface area contributed by atoms with Gasteiger partial charge in [-0.05, 0) is 24.6 Å². The summed E-state index contributed by atoms with van der Waals surface area (Å²) in [6, 6.07) is 14.5. The molecule has 0 radical (unpaired) electrons. The Bertz CT molecular complexity index is 671. The zero-order valence-electron chi connectivity index (χ0n) is 10.2. The van der Waals surface area contributed by atoms with Crippen molar-refractivity contribution in [3.63, 3.8) is 0 Å². The molecule has 1 atom stereocenters. The molecule has 0 saturated carbocycles. The summed E-state index contributed by atoms with van der Waals surface area (Å²) in [6.45, 7) is 2.17. The second-order valence-electron chi connectivity index (χ2n) is 4.45. The molecule has 2 aromatic heterocycles. The Kier molecular flexibility index (Phi) is 2.52. The maximum absolute atomic E-state index is 5.96. The predicted octanol–water partition coefficient (Wildman–Crippen LogP) is 3.23. The molecule has 90 valence electrons. The highest BCUT2D eigenvalue weighted by atomic mass is 15.1. The number of rotatable bonds is 2. The minimum atomic E-state index is 0.248. The van der Waals surface area contributed by atoms with Crippen molar-refractivity contribution in [2.75, 3.05) is 5.73 Å². The van der Waals surface area contributed by atoms with E-state index >= 15 is 0 Å². The zero-order valence-corrected chi connectivity index (χ0v) is 10.2. The number of aromatic nitrogens is 2. The third-order valence-electron chi connectivity index (χ3n) is 3.35. The number of pyridine rings is 1. The van der Waals surface area contributed by atoms with E-state index in [4.69, 9.17) is 5.73 Å². The Labute approximate surface area is 106 Å². The van der Waals surface area contributed by atoms with Gasteiger partial charge in [-0.2, -0.15) is 0 Å². The lowest BCUT2D eigenvalue weighted by Gasteiger charge is -2.15. The summed E-state index contributed by atoms with van der Waals surface area (Å²) < 4.78 is 2.15. The number of fused-ring (bicyclic) bond motifs is 1. The Morgan fingerprint density at radius 3 is 2.67 bits per heavy atom. The van der Waals surface area contributed by atoms with E-state index < -0.39 is 0 Å². The van der Waals surface area contributed by atoms with Gasteiger partial charge in [0.15, 0.2) is 0 Å². The molecule has 0 aliphatic rings. The molecule has 3 rings (SSSR count). The van der Waals surface area contributed by atoms with Crippen LogP contribution in [0.3, 0.4) is 0 Å². The fraction of sp³-hybridized carbons (Fsp3) is 0.133. The van der Waals surface area contributed by atoms with Crippen molar-refractivity contribution in [2.24, 2.45) is 0 Å². The monoisotopic (exact) mass is 237 g/mol. The molecule has 2 N–H and O–H groups in total. The minimum absolute atomic E-state index is 0.248. The normalized spacial score (nSPS) is 12.7. The molecule has 18 heavy (non-hydrogen) atoms. The number of hydrogen-bond donors (Lipinski definition) is 1. The molecule has 0 fully saturated rings. The van der Waals surface area contributed by atoms with Crippen molar-refractivity contribution < 1.29 is 0 Å². The molecule has 3 heteroatoms. The second-order valence-corrected chi connectivity index (χ2v) is 4.45. The van der Waals surface area contributed by atoms with Crippen molar-refractivity contribution >= 4 is 16.7 Å². The zero-order chi connectivity index (χ0) is 12.5. The number of anilines is 1. The van der Waals surface area contributed by atoms with Gasteiger partial charge in [-0.3, -0.25) is 0 Å². The fourth-order valence-electron chi connectivity index (χ4n) is 2.28. The van der Waals surface area contributed by atoms with Crippen LogP contribution in [0.2, 0.25) is 0 Å². The van der Waals surface area contributed by atoms with Gasteiger partial charge in [-0.25, -0.2) is 4.98 Å². The van der Waals surface area contributed by atoms with Crippen LogP contribution in [0, 0.1) is 0 Å². The van der Waals surface area contributed by atoms with Crippen LogP contribution in [0.5, 0.6) is 0 Å². The van der Waals surface area contributed by atoms with Crippen LogP contribution in [-0.2, 0) is 0 Å². The Hall–Kier alpha value is -2.29. The summed E-state index contributed by atoms with van der Waals surface area (Å²) in [5.41, 5.74) is 8.93. The van der Waals surface area contributed by atoms with E-state index in [9.17, 15) is 0 Å². The highest BCUT2D eigenvalue weighted by Crippen LogP contribution is 2.26. The fourth-order valence-corrected chi connectivity index (χ4v) is 2.28. The SMILES string of the molecule is C[C@H](c1ccccc1)n1ccc2c(N)ccnc21. The number of hydrogen-bond acceptors (Lipinski definition) is 2. The second kappa shape index (κ2) is 4.18. The van der Waals surface area contributed by atoms with E-state index in [2.05, 4.69) is 40.7 Å². The Balaban J connectivity index is 2.13. The first kappa shape index (κ1) is 10.8. The summed E-state index contributed by atoms with van der Waals surface area (Å²) in [6.07, 6.45) is 3.80. The third kappa shape index (κ3) is 1.64. The predicted molar refractivity (Wildman–Crippen MR) is 74.4 cm³/mol. The quantitative estimate of drug-likeness (QED) is 0.743. The van der Waals surface area contributed by atoms with Crippen molar-refractivity contribution in [3.8, 4) is 0 Å². The molecule has 2 heterocycles. The van der Waals surface area contributed by atoms with Gasteiger partial charge in [-0.15, -0.1) is 0 Å². The molecule has 0 saturated heterocycles. The first-order valence-corrected chi connectivity index (χ1v) is 6.03. The average Bonchev–Trinajstić information content (AvgIpc) is 2.84. The minimum Gasteiger partial charge on any atom is -0.398 e. The first-order valence-electron chi connectivity index (χ1n) is 6.03. The topological polar surface area (TPSA) is 43.8 Å². The van der Waals surface area contributed by atoms with E-state index in [1.54, 1.807) is 6.20 Å². The van der Waals surface area contributed by atoms with Crippen molar-refractivity contribution in [1.29, 1.82) is 0 Å². The standard InChI is InChI=1S/C15H15N3/c1-11(12-5-3-2-4-6-12)18-10-8-13-14(16)7-9-17-15(13)18/h2-11H,1H3,(H2,16,17)/t11-/m1/s1. The van der Waals surface area contributed by atoms with Gasteiger partial charge in [0.2, 0.25) is 0 Å². The van der Waals surface area contributed by atoms with Crippen LogP contribution in [0.4, 0.5) is 5.69 Å². The van der Waals surface area contributed by atoms with Crippen molar-refractivity contribution in [1.82, 2.24) is 9.55 Å². The van der Waals surface area contributed by atoms with Gasteiger partial charge in [0.1, 0.15) is 5.65 Å². The van der Waals surface area contributed by atoms with E-state index in [1.165, 1.54) is 5.56 Å². The smallest absolute Gasteiger partial charge is 0.142 e. The molecule has 3 nitrogen and oxygen atoms in total. The molecule has 0 spiro atoms. The van der Waals surface area contributed by atoms with Gasteiger partial charge in [0.25, 0.3) is 0 Å². The first-order chi connectivity index (χ1) is 8.77. The lowest BCUT2D eigenvalue weighted by molar-refractivity contribution is 0.658. The van der Waals surface area contributed by atoms with E-state index in [0.29, 0.717) is 0 Å². The highest BCUT2D eigenvalue weighted by Gasteiger charge is 2.11. The Morgan fingerprint density at radius 1 is 1.11 bits per heavy atom. The molecule has 0 aliphatic carbocycles. The largest absolute Gasteiger partial charge is 0.398 e. The molecular formula is C15H15N3. The summed E-state index contributed by atoms with van der Waals surface area (Å²) >= 11 is 0. The summed E-state index contributed by atoms with van der Waals surface area (Å²) in [4.78, 5) is 4.43. The summed E-state index contributed by atoms with van der Waals surface area (Å²) in [7, 11) is 0. The van der Waals surface area contributed by atoms with E-state index in [-0.39, 0.29) is 6.04 Å². The number of nitrogens with zero attached hydrogens (tertiary/aromatic N) is 2. The maximum Gasteiger partial charge on any atom is 0.142 e. The summed E-state index contributed by atoms with van der Waals surface area (Å²) in [5, 5.41) is 1.01. The van der Waals surface area contributed by atoms with Gasteiger partial charge in [0, 0.05) is 23.5 Å². The van der Waals surface area contributed by atoms with E-state index in [0.717, 1.165) is 16.7 Å². The van der Waals surface area contributed by atoms with Crippen LogP contribution in [0.15, 0.2) is 54.9 Å². The van der Waals surface area contributed by atoms with Gasteiger partial charge in [-0.1, -0.05) is 30.3 Å². The van der Waals surface area contributed by atoms with Crippen LogP contribution in [-0.4, -0.2) is 9.55 Å². The maximum atomic E-state index is 5.96. The molecule has 0 amide bonds. The van der Waals surface area contributed by atoms with Gasteiger partial charge < -0.3 is 10.3 Å². The molecule has 1 aromatic carbocycles. The molecule has 0 unspecified atom stereocenters.